The molecule has 82 valence electrons. The number of benzene rings is 1. The van der Waals surface area contributed by atoms with E-state index in [0.29, 0.717) is 0 Å². The first kappa shape index (κ1) is 10.8. The van der Waals surface area contributed by atoms with Crippen molar-refractivity contribution in [3.8, 4) is 0 Å². The third-order valence-electron chi connectivity index (χ3n) is 2.87. The highest BCUT2D eigenvalue weighted by Gasteiger charge is 2.10. The van der Waals surface area contributed by atoms with E-state index in [9.17, 15) is 5.11 Å². The SMILES string of the molecule is Cc1ccc([C@H](O)c2ccncc2)cc1C. The molecule has 0 radical (unpaired) electrons. The summed E-state index contributed by atoms with van der Waals surface area (Å²) in [6, 6.07) is 9.70. The molecule has 1 heterocycles. The van der Waals surface area contributed by atoms with Gasteiger partial charge in [0.25, 0.3) is 0 Å². The van der Waals surface area contributed by atoms with Crippen LogP contribution in [0.1, 0.15) is 28.4 Å². The van der Waals surface area contributed by atoms with Gasteiger partial charge in [0.2, 0.25) is 0 Å². The molecule has 16 heavy (non-hydrogen) atoms. The predicted octanol–water partition coefficient (Wildman–Crippen LogP) is 2.78. The van der Waals surface area contributed by atoms with Gasteiger partial charge in [0.1, 0.15) is 6.10 Å². The van der Waals surface area contributed by atoms with Gasteiger partial charge in [0.15, 0.2) is 0 Å². The number of pyridine rings is 1. The predicted molar refractivity (Wildman–Crippen MR) is 64.2 cm³/mol. The lowest BCUT2D eigenvalue weighted by Crippen LogP contribution is -2.00. The first-order chi connectivity index (χ1) is 7.68. The third-order valence-corrected chi connectivity index (χ3v) is 2.87. The second-order valence-electron chi connectivity index (χ2n) is 4.03. The van der Waals surface area contributed by atoms with Crippen LogP contribution in [0.4, 0.5) is 0 Å². The molecule has 1 atom stereocenters. The van der Waals surface area contributed by atoms with Gasteiger partial charge in [-0.2, -0.15) is 0 Å². The summed E-state index contributed by atoms with van der Waals surface area (Å²) in [6.45, 7) is 4.12. The zero-order valence-electron chi connectivity index (χ0n) is 9.51. The second kappa shape index (κ2) is 4.45. The van der Waals surface area contributed by atoms with Crippen LogP contribution in [0, 0.1) is 13.8 Å². The molecule has 0 fully saturated rings. The minimum Gasteiger partial charge on any atom is -0.384 e. The van der Waals surface area contributed by atoms with Crippen LogP contribution in [-0.2, 0) is 0 Å². The van der Waals surface area contributed by atoms with E-state index in [1.807, 2.05) is 30.3 Å². The Labute approximate surface area is 95.6 Å². The summed E-state index contributed by atoms with van der Waals surface area (Å²) in [5, 5.41) is 10.2. The Kier molecular flexibility index (Phi) is 3.02. The number of aromatic nitrogens is 1. The summed E-state index contributed by atoms with van der Waals surface area (Å²) in [7, 11) is 0. The molecule has 2 nitrogen and oxygen atoms in total. The molecular formula is C14H15NO. The molecular weight excluding hydrogens is 198 g/mol. The minimum atomic E-state index is -0.567. The average molecular weight is 213 g/mol. The number of aliphatic hydroxyl groups is 1. The maximum atomic E-state index is 10.2. The smallest absolute Gasteiger partial charge is 0.104 e. The Balaban J connectivity index is 2.34. The fourth-order valence-corrected chi connectivity index (χ4v) is 1.67. The quantitative estimate of drug-likeness (QED) is 0.832. The van der Waals surface area contributed by atoms with Crippen molar-refractivity contribution in [2.24, 2.45) is 0 Å². The molecule has 0 saturated heterocycles. The van der Waals surface area contributed by atoms with Crippen LogP contribution in [0.2, 0.25) is 0 Å². The molecule has 1 N–H and O–H groups in total. The Bertz CT molecular complexity index is 479. The topological polar surface area (TPSA) is 33.1 Å². The van der Waals surface area contributed by atoms with E-state index in [1.54, 1.807) is 12.4 Å². The Hall–Kier alpha value is -1.67. The lowest BCUT2D eigenvalue weighted by Gasteiger charge is -2.12. The number of hydrogen-bond donors (Lipinski definition) is 1. The molecule has 2 aromatic rings. The van der Waals surface area contributed by atoms with Gasteiger partial charge in [-0.25, -0.2) is 0 Å². The highest BCUT2D eigenvalue weighted by atomic mass is 16.3. The zero-order valence-corrected chi connectivity index (χ0v) is 9.51. The van der Waals surface area contributed by atoms with Crippen LogP contribution in [0.3, 0.4) is 0 Å². The number of rotatable bonds is 2. The van der Waals surface area contributed by atoms with E-state index < -0.39 is 6.10 Å². The van der Waals surface area contributed by atoms with Gasteiger partial charge >= 0.3 is 0 Å². The summed E-state index contributed by atoms with van der Waals surface area (Å²) in [4.78, 5) is 3.94. The fourth-order valence-electron chi connectivity index (χ4n) is 1.67. The summed E-state index contributed by atoms with van der Waals surface area (Å²) >= 11 is 0. The molecule has 0 unspecified atom stereocenters. The molecule has 2 rings (SSSR count). The van der Waals surface area contributed by atoms with Crippen molar-refractivity contribution in [3.05, 3.63) is 65.0 Å². The van der Waals surface area contributed by atoms with E-state index >= 15 is 0 Å². The van der Waals surface area contributed by atoms with Gasteiger partial charge in [-0.05, 0) is 48.2 Å². The molecule has 0 amide bonds. The van der Waals surface area contributed by atoms with E-state index in [1.165, 1.54) is 11.1 Å². The largest absolute Gasteiger partial charge is 0.384 e. The molecule has 0 spiro atoms. The Morgan fingerprint density at radius 1 is 0.938 bits per heavy atom. The van der Waals surface area contributed by atoms with Crippen LogP contribution < -0.4 is 0 Å². The minimum absolute atomic E-state index is 0.567. The van der Waals surface area contributed by atoms with E-state index in [2.05, 4.69) is 18.8 Å². The van der Waals surface area contributed by atoms with E-state index in [0.717, 1.165) is 11.1 Å². The first-order valence-corrected chi connectivity index (χ1v) is 5.33. The lowest BCUT2D eigenvalue weighted by atomic mass is 9.99. The maximum Gasteiger partial charge on any atom is 0.104 e. The number of aliphatic hydroxyl groups excluding tert-OH is 1. The summed E-state index contributed by atoms with van der Waals surface area (Å²) < 4.78 is 0. The second-order valence-corrected chi connectivity index (χ2v) is 4.03. The van der Waals surface area contributed by atoms with Gasteiger partial charge < -0.3 is 5.11 Å². The van der Waals surface area contributed by atoms with Crippen molar-refractivity contribution in [2.75, 3.05) is 0 Å². The molecule has 0 aliphatic carbocycles. The van der Waals surface area contributed by atoms with Crippen LogP contribution in [-0.4, -0.2) is 10.1 Å². The van der Waals surface area contributed by atoms with Crippen molar-refractivity contribution in [3.63, 3.8) is 0 Å². The van der Waals surface area contributed by atoms with Crippen molar-refractivity contribution in [1.82, 2.24) is 4.98 Å². The number of hydrogen-bond acceptors (Lipinski definition) is 2. The summed E-state index contributed by atoms with van der Waals surface area (Å²) in [5.74, 6) is 0. The van der Waals surface area contributed by atoms with Crippen molar-refractivity contribution in [1.29, 1.82) is 0 Å². The van der Waals surface area contributed by atoms with Crippen LogP contribution in [0.5, 0.6) is 0 Å². The molecule has 1 aromatic heterocycles. The van der Waals surface area contributed by atoms with Crippen molar-refractivity contribution >= 4 is 0 Å². The zero-order chi connectivity index (χ0) is 11.5. The summed E-state index contributed by atoms with van der Waals surface area (Å²) in [5.41, 5.74) is 4.24. The van der Waals surface area contributed by atoms with Crippen molar-refractivity contribution < 1.29 is 5.11 Å². The van der Waals surface area contributed by atoms with Crippen molar-refractivity contribution in [2.45, 2.75) is 20.0 Å². The molecule has 0 aliphatic rings. The average Bonchev–Trinajstić information content (AvgIpc) is 2.33. The van der Waals surface area contributed by atoms with E-state index in [-0.39, 0.29) is 0 Å². The monoisotopic (exact) mass is 213 g/mol. The molecule has 0 aliphatic heterocycles. The Morgan fingerprint density at radius 3 is 2.25 bits per heavy atom. The first-order valence-electron chi connectivity index (χ1n) is 5.33. The highest BCUT2D eigenvalue weighted by molar-refractivity contribution is 5.35. The van der Waals surface area contributed by atoms with Gasteiger partial charge in [-0.15, -0.1) is 0 Å². The normalized spacial score (nSPS) is 12.4. The van der Waals surface area contributed by atoms with E-state index in [4.69, 9.17) is 0 Å². The molecule has 2 heteroatoms. The number of aryl methyl sites for hydroxylation is 2. The molecule has 0 bridgehead atoms. The third kappa shape index (κ3) is 2.12. The van der Waals surface area contributed by atoms with Gasteiger partial charge in [0.05, 0.1) is 0 Å². The van der Waals surface area contributed by atoms with Crippen LogP contribution in [0.15, 0.2) is 42.7 Å². The summed E-state index contributed by atoms with van der Waals surface area (Å²) in [6.07, 6.45) is 2.82. The molecule has 1 aromatic carbocycles. The maximum absolute atomic E-state index is 10.2. The van der Waals surface area contributed by atoms with Gasteiger partial charge in [0, 0.05) is 12.4 Å². The van der Waals surface area contributed by atoms with Gasteiger partial charge in [-0.3, -0.25) is 4.98 Å². The fraction of sp³-hybridized carbons (Fsp3) is 0.214. The molecule has 0 saturated carbocycles. The van der Waals surface area contributed by atoms with Crippen LogP contribution in [0.25, 0.3) is 0 Å². The lowest BCUT2D eigenvalue weighted by molar-refractivity contribution is 0.220. The standard InChI is InChI=1S/C14H15NO/c1-10-3-4-13(9-11(10)2)14(16)12-5-7-15-8-6-12/h3-9,14,16H,1-2H3/t14-/m1/s1. The Morgan fingerprint density at radius 2 is 1.62 bits per heavy atom. The highest BCUT2D eigenvalue weighted by Crippen LogP contribution is 2.22. The number of nitrogens with zero attached hydrogens (tertiary/aromatic N) is 1. The van der Waals surface area contributed by atoms with Crippen LogP contribution >= 0.6 is 0 Å². The van der Waals surface area contributed by atoms with Gasteiger partial charge in [-0.1, -0.05) is 18.2 Å².